The third-order valence-corrected chi connectivity index (χ3v) is 4.82. The van der Waals surface area contributed by atoms with E-state index in [1.54, 1.807) is 6.07 Å². The summed E-state index contributed by atoms with van der Waals surface area (Å²) in [7, 11) is 0. The van der Waals surface area contributed by atoms with Crippen molar-refractivity contribution in [2.75, 3.05) is 11.9 Å². The highest BCUT2D eigenvalue weighted by atomic mass is 16.4. The topological polar surface area (TPSA) is 62.5 Å². The molecule has 0 unspecified atom stereocenters. The highest BCUT2D eigenvalue weighted by molar-refractivity contribution is 5.84. The number of hydrogen-bond acceptors (Lipinski definition) is 3. The molecule has 0 bridgehead atoms. The van der Waals surface area contributed by atoms with Gasteiger partial charge in [0.25, 0.3) is 0 Å². The number of carboxylic acids is 1. The normalized spacial score (nSPS) is 11.2. The van der Waals surface area contributed by atoms with Crippen molar-refractivity contribution in [2.24, 2.45) is 5.92 Å². The van der Waals surface area contributed by atoms with Crippen LogP contribution < -0.4 is 5.32 Å². The number of rotatable bonds is 17. The van der Waals surface area contributed by atoms with Crippen molar-refractivity contribution < 1.29 is 14.3 Å². The summed E-state index contributed by atoms with van der Waals surface area (Å²) in [6.45, 7) is 5.46. The summed E-state index contributed by atoms with van der Waals surface area (Å²) in [5, 5.41) is 11.9. The Morgan fingerprint density at radius 1 is 0.885 bits per heavy atom. The summed E-state index contributed by atoms with van der Waals surface area (Å²) in [4.78, 5) is 10.7. The summed E-state index contributed by atoms with van der Waals surface area (Å²) in [5.41, 5.74) is 0. The molecule has 0 aliphatic rings. The van der Waals surface area contributed by atoms with Crippen LogP contribution in [-0.4, -0.2) is 17.6 Å². The van der Waals surface area contributed by atoms with E-state index in [-0.39, 0.29) is 5.76 Å². The molecule has 0 aromatic carbocycles. The van der Waals surface area contributed by atoms with Crippen LogP contribution in [0.15, 0.2) is 16.5 Å². The van der Waals surface area contributed by atoms with Crippen LogP contribution in [0.3, 0.4) is 0 Å². The minimum atomic E-state index is -1.02. The van der Waals surface area contributed by atoms with Gasteiger partial charge in [0.05, 0.1) is 0 Å². The standard InChI is InChI=1S/C22H39NO3/c1-19(2)15-13-11-9-7-5-3-4-6-8-10-12-14-18-23-21-17-16-20(26-21)22(24)25/h16-17,19,23H,3-15,18H2,1-2H3,(H,24,25). The number of furan rings is 1. The first kappa shape index (κ1) is 22.6. The van der Waals surface area contributed by atoms with Gasteiger partial charge in [0.1, 0.15) is 0 Å². The fraction of sp³-hybridized carbons (Fsp3) is 0.773. The van der Waals surface area contributed by atoms with Crippen molar-refractivity contribution in [3.05, 3.63) is 17.9 Å². The smallest absolute Gasteiger partial charge is 0.371 e. The zero-order valence-electron chi connectivity index (χ0n) is 16.9. The summed E-state index contributed by atoms with van der Waals surface area (Å²) >= 11 is 0. The molecule has 0 aliphatic carbocycles. The monoisotopic (exact) mass is 365 g/mol. The number of nitrogens with one attached hydrogen (secondary N) is 1. The van der Waals surface area contributed by atoms with Gasteiger partial charge in [0.15, 0.2) is 5.88 Å². The van der Waals surface area contributed by atoms with Crippen molar-refractivity contribution >= 4 is 11.9 Å². The van der Waals surface area contributed by atoms with Crippen LogP contribution in [0.5, 0.6) is 0 Å². The Bertz CT molecular complexity index is 468. The number of carboxylic acid groups (broad SMARTS) is 1. The van der Waals surface area contributed by atoms with Crippen molar-refractivity contribution in [1.82, 2.24) is 0 Å². The van der Waals surface area contributed by atoms with E-state index in [9.17, 15) is 4.79 Å². The quantitative estimate of drug-likeness (QED) is 0.289. The minimum absolute atomic E-state index is 0.0111. The van der Waals surface area contributed by atoms with Gasteiger partial charge in [-0.2, -0.15) is 0 Å². The summed E-state index contributed by atoms with van der Waals surface area (Å²) in [6.07, 6.45) is 17.5. The molecule has 1 aromatic rings. The number of aromatic carboxylic acids is 1. The lowest BCUT2D eigenvalue weighted by atomic mass is 10.0. The molecule has 150 valence electrons. The van der Waals surface area contributed by atoms with E-state index in [1.165, 1.54) is 83.1 Å². The fourth-order valence-corrected chi connectivity index (χ4v) is 3.20. The first-order valence-electron chi connectivity index (χ1n) is 10.7. The van der Waals surface area contributed by atoms with Crippen LogP contribution >= 0.6 is 0 Å². The lowest BCUT2D eigenvalue weighted by molar-refractivity contribution is 0.0663. The van der Waals surface area contributed by atoms with E-state index in [4.69, 9.17) is 9.52 Å². The fourth-order valence-electron chi connectivity index (χ4n) is 3.20. The molecule has 26 heavy (non-hydrogen) atoms. The maximum atomic E-state index is 10.7. The van der Waals surface area contributed by atoms with Crippen LogP contribution in [0, 0.1) is 5.92 Å². The molecule has 1 heterocycles. The summed E-state index contributed by atoms with van der Waals surface area (Å²) in [6, 6.07) is 3.16. The average molecular weight is 366 g/mol. The molecule has 0 saturated carbocycles. The molecule has 2 N–H and O–H groups in total. The molecule has 4 nitrogen and oxygen atoms in total. The molecule has 0 saturated heterocycles. The highest BCUT2D eigenvalue weighted by Crippen LogP contribution is 2.15. The van der Waals surface area contributed by atoms with E-state index < -0.39 is 5.97 Å². The Balaban J connectivity index is 1.79. The highest BCUT2D eigenvalue weighted by Gasteiger charge is 2.07. The van der Waals surface area contributed by atoms with Crippen LogP contribution in [0.4, 0.5) is 5.88 Å². The zero-order valence-corrected chi connectivity index (χ0v) is 16.9. The molecular formula is C22H39NO3. The van der Waals surface area contributed by atoms with Gasteiger partial charge in [0, 0.05) is 12.6 Å². The van der Waals surface area contributed by atoms with Gasteiger partial charge in [0.2, 0.25) is 5.76 Å². The van der Waals surface area contributed by atoms with Gasteiger partial charge < -0.3 is 14.8 Å². The van der Waals surface area contributed by atoms with Crippen molar-refractivity contribution in [2.45, 2.75) is 97.3 Å². The first-order valence-corrected chi connectivity index (χ1v) is 10.7. The molecule has 0 fully saturated rings. The van der Waals surface area contributed by atoms with E-state index in [2.05, 4.69) is 19.2 Å². The van der Waals surface area contributed by atoms with E-state index in [1.807, 2.05) is 0 Å². The van der Waals surface area contributed by atoms with Crippen LogP contribution in [0.1, 0.15) is 108 Å². The number of unbranched alkanes of at least 4 members (excludes halogenated alkanes) is 11. The van der Waals surface area contributed by atoms with Gasteiger partial charge in [-0.05, 0) is 18.4 Å². The molecule has 0 radical (unpaired) electrons. The molecular weight excluding hydrogens is 326 g/mol. The van der Waals surface area contributed by atoms with Gasteiger partial charge in [-0.25, -0.2) is 4.79 Å². The Morgan fingerprint density at radius 2 is 1.38 bits per heavy atom. The lowest BCUT2D eigenvalue weighted by Crippen LogP contribution is -2.00. The first-order chi connectivity index (χ1) is 12.6. The van der Waals surface area contributed by atoms with Crippen LogP contribution in [0.25, 0.3) is 0 Å². The molecule has 4 heteroatoms. The Kier molecular flexibility index (Phi) is 12.8. The molecule has 1 rings (SSSR count). The Labute approximate surface area is 159 Å². The largest absolute Gasteiger partial charge is 0.475 e. The molecule has 0 spiro atoms. The average Bonchev–Trinajstić information content (AvgIpc) is 3.07. The summed E-state index contributed by atoms with van der Waals surface area (Å²) < 4.78 is 5.16. The predicted octanol–water partition coefficient (Wildman–Crippen LogP) is 7.12. The zero-order chi connectivity index (χ0) is 19.0. The Morgan fingerprint density at radius 3 is 1.85 bits per heavy atom. The number of anilines is 1. The molecule has 0 atom stereocenters. The van der Waals surface area contributed by atoms with Crippen molar-refractivity contribution in [3.63, 3.8) is 0 Å². The molecule has 1 aromatic heterocycles. The van der Waals surface area contributed by atoms with E-state index in [0.717, 1.165) is 18.9 Å². The van der Waals surface area contributed by atoms with Crippen molar-refractivity contribution in [3.8, 4) is 0 Å². The second-order valence-electron chi connectivity index (χ2n) is 7.82. The predicted molar refractivity (Wildman–Crippen MR) is 109 cm³/mol. The Hall–Kier alpha value is -1.45. The minimum Gasteiger partial charge on any atom is -0.475 e. The molecule has 0 amide bonds. The second kappa shape index (κ2) is 14.7. The van der Waals surface area contributed by atoms with Gasteiger partial charge in [-0.15, -0.1) is 0 Å². The van der Waals surface area contributed by atoms with Crippen molar-refractivity contribution in [1.29, 1.82) is 0 Å². The van der Waals surface area contributed by atoms with E-state index in [0.29, 0.717) is 5.88 Å². The lowest BCUT2D eigenvalue weighted by Gasteiger charge is -2.05. The maximum Gasteiger partial charge on any atom is 0.371 e. The SMILES string of the molecule is CC(C)CCCCCCCCCCCCCCNc1ccc(C(=O)O)o1. The van der Waals surface area contributed by atoms with Gasteiger partial charge in [-0.3, -0.25) is 0 Å². The third kappa shape index (κ3) is 12.0. The van der Waals surface area contributed by atoms with Gasteiger partial charge in [-0.1, -0.05) is 90.9 Å². The van der Waals surface area contributed by atoms with E-state index >= 15 is 0 Å². The van der Waals surface area contributed by atoms with Crippen LogP contribution in [-0.2, 0) is 0 Å². The van der Waals surface area contributed by atoms with Crippen LogP contribution in [0.2, 0.25) is 0 Å². The maximum absolute atomic E-state index is 10.7. The summed E-state index contributed by atoms with van der Waals surface area (Å²) in [5.74, 6) is 0.375. The second-order valence-corrected chi connectivity index (χ2v) is 7.82. The molecule has 0 aliphatic heterocycles. The van der Waals surface area contributed by atoms with Gasteiger partial charge >= 0.3 is 5.97 Å². The number of carbonyl (C=O) groups is 1. The third-order valence-electron chi connectivity index (χ3n) is 4.82. The number of hydrogen-bond donors (Lipinski definition) is 2.